The molecule has 2 aliphatic rings. The Labute approximate surface area is 136 Å². The number of likely N-dealkylation sites (N-methyl/N-ethyl adjacent to an activating group) is 1. The Morgan fingerprint density at radius 3 is 2.32 bits per heavy atom. The Balaban J connectivity index is 1.49. The molecule has 2 aliphatic heterocycles. The second-order valence-electron chi connectivity index (χ2n) is 6.88. The van der Waals surface area contributed by atoms with Crippen molar-refractivity contribution in [2.75, 3.05) is 58.9 Å². The fourth-order valence-corrected chi connectivity index (χ4v) is 3.32. The molecule has 2 amide bonds. The highest BCUT2D eigenvalue weighted by Crippen LogP contribution is 2.16. The molecular formula is C17H34N4O. The van der Waals surface area contributed by atoms with Gasteiger partial charge in [-0.15, -0.1) is 0 Å². The van der Waals surface area contributed by atoms with Crippen LogP contribution in [0.1, 0.15) is 39.5 Å². The minimum absolute atomic E-state index is 0.127. The van der Waals surface area contributed by atoms with Crippen LogP contribution in [0.4, 0.5) is 4.79 Å². The lowest BCUT2D eigenvalue weighted by Crippen LogP contribution is -2.51. The SMILES string of the molecule is CCN1CCN(C(=O)NCCCCN2CCC(C)CC2)CC1. The number of hydrogen-bond acceptors (Lipinski definition) is 3. The third-order valence-corrected chi connectivity index (χ3v) is 5.16. The van der Waals surface area contributed by atoms with Gasteiger partial charge in [0.15, 0.2) is 0 Å². The Morgan fingerprint density at radius 1 is 1.00 bits per heavy atom. The molecule has 0 spiro atoms. The number of nitrogens with one attached hydrogen (secondary N) is 1. The number of rotatable bonds is 6. The van der Waals surface area contributed by atoms with Crippen molar-refractivity contribution < 1.29 is 4.79 Å². The summed E-state index contributed by atoms with van der Waals surface area (Å²) >= 11 is 0. The van der Waals surface area contributed by atoms with E-state index in [1.807, 2.05) is 4.90 Å². The lowest BCUT2D eigenvalue weighted by molar-refractivity contribution is 0.142. The summed E-state index contributed by atoms with van der Waals surface area (Å²) in [6.45, 7) is 13.9. The van der Waals surface area contributed by atoms with E-state index in [2.05, 4.69) is 29.0 Å². The second kappa shape index (κ2) is 9.36. The molecule has 0 radical (unpaired) electrons. The maximum absolute atomic E-state index is 12.1. The molecule has 0 aliphatic carbocycles. The van der Waals surface area contributed by atoms with Gasteiger partial charge in [0, 0.05) is 32.7 Å². The Bertz CT molecular complexity index is 321. The van der Waals surface area contributed by atoms with Crippen LogP contribution in [-0.4, -0.2) is 79.6 Å². The van der Waals surface area contributed by atoms with Crippen molar-refractivity contribution in [1.29, 1.82) is 0 Å². The van der Waals surface area contributed by atoms with E-state index >= 15 is 0 Å². The van der Waals surface area contributed by atoms with Crippen LogP contribution in [0.3, 0.4) is 0 Å². The molecule has 2 saturated heterocycles. The van der Waals surface area contributed by atoms with Crippen LogP contribution >= 0.6 is 0 Å². The molecule has 5 heteroatoms. The average molecular weight is 310 g/mol. The van der Waals surface area contributed by atoms with E-state index in [1.165, 1.54) is 38.9 Å². The van der Waals surface area contributed by atoms with Gasteiger partial charge in [0.2, 0.25) is 0 Å². The first-order valence-electron chi connectivity index (χ1n) is 9.16. The molecule has 0 aromatic carbocycles. The van der Waals surface area contributed by atoms with Gasteiger partial charge in [-0.3, -0.25) is 0 Å². The second-order valence-corrected chi connectivity index (χ2v) is 6.88. The van der Waals surface area contributed by atoms with Gasteiger partial charge in [-0.1, -0.05) is 13.8 Å². The fraction of sp³-hybridized carbons (Fsp3) is 0.941. The number of carbonyl (C=O) groups is 1. The quantitative estimate of drug-likeness (QED) is 0.761. The van der Waals surface area contributed by atoms with Crippen LogP contribution in [-0.2, 0) is 0 Å². The number of nitrogens with zero attached hydrogens (tertiary/aromatic N) is 3. The van der Waals surface area contributed by atoms with Crippen molar-refractivity contribution in [3.63, 3.8) is 0 Å². The number of unbranched alkanes of at least 4 members (excludes halogenated alkanes) is 1. The molecule has 0 atom stereocenters. The van der Waals surface area contributed by atoms with Crippen molar-refractivity contribution in [1.82, 2.24) is 20.0 Å². The first-order chi connectivity index (χ1) is 10.7. The maximum atomic E-state index is 12.1. The lowest BCUT2D eigenvalue weighted by atomic mass is 9.99. The summed E-state index contributed by atoms with van der Waals surface area (Å²) in [5.74, 6) is 0.906. The first kappa shape index (κ1) is 17.5. The molecule has 22 heavy (non-hydrogen) atoms. The van der Waals surface area contributed by atoms with Gasteiger partial charge in [-0.25, -0.2) is 4.79 Å². The van der Waals surface area contributed by atoms with Gasteiger partial charge < -0.3 is 20.0 Å². The molecule has 1 N–H and O–H groups in total. The number of piperidine rings is 1. The van der Waals surface area contributed by atoms with Crippen LogP contribution in [0.5, 0.6) is 0 Å². The van der Waals surface area contributed by atoms with Crippen molar-refractivity contribution in [2.24, 2.45) is 5.92 Å². The highest BCUT2D eigenvalue weighted by molar-refractivity contribution is 5.74. The van der Waals surface area contributed by atoms with Crippen molar-refractivity contribution >= 4 is 6.03 Å². The summed E-state index contributed by atoms with van der Waals surface area (Å²) < 4.78 is 0. The van der Waals surface area contributed by atoms with E-state index in [0.717, 1.165) is 51.6 Å². The van der Waals surface area contributed by atoms with E-state index in [9.17, 15) is 4.79 Å². The summed E-state index contributed by atoms with van der Waals surface area (Å²) in [6.07, 6.45) is 4.98. The molecule has 2 heterocycles. The van der Waals surface area contributed by atoms with E-state index in [1.54, 1.807) is 0 Å². The Kier molecular flexibility index (Phi) is 7.46. The summed E-state index contributed by atoms with van der Waals surface area (Å²) in [7, 11) is 0. The zero-order valence-corrected chi connectivity index (χ0v) is 14.5. The molecule has 0 aromatic heterocycles. The van der Waals surface area contributed by atoms with Crippen LogP contribution in [0.2, 0.25) is 0 Å². The van der Waals surface area contributed by atoms with E-state index in [-0.39, 0.29) is 6.03 Å². The van der Waals surface area contributed by atoms with Gasteiger partial charge in [0.05, 0.1) is 0 Å². The molecule has 0 unspecified atom stereocenters. The van der Waals surface area contributed by atoms with Gasteiger partial charge >= 0.3 is 6.03 Å². The fourth-order valence-electron chi connectivity index (χ4n) is 3.32. The topological polar surface area (TPSA) is 38.8 Å². The largest absolute Gasteiger partial charge is 0.338 e. The summed E-state index contributed by atoms with van der Waals surface area (Å²) in [5, 5.41) is 3.08. The standard InChI is InChI=1S/C17H34N4O/c1-3-19-12-14-21(15-13-19)17(22)18-8-4-5-9-20-10-6-16(2)7-11-20/h16H,3-15H2,1-2H3,(H,18,22). The monoisotopic (exact) mass is 310 g/mol. The minimum atomic E-state index is 0.127. The third-order valence-electron chi connectivity index (χ3n) is 5.16. The molecule has 0 aromatic rings. The molecule has 5 nitrogen and oxygen atoms in total. The smallest absolute Gasteiger partial charge is 0.317 e. The van der Waals surface area contributed by atoms with Crippen molar-refractivity contribution in [3.05, 3.63) is 0 Å². The van der Waals surface area contributed by atoms with Crippen molar-refractivity contribution in [3.8, 4) is 0 Å². The van der Waals surface area contributed by atoms with Crippen LogP contribution in [0.25, 0.3) is 0 Å². The predicted octanol–water partition coefficient (Wildman–Crippen LogP) is 1.85. The third kappa shape index (κ3) is 5.76. The van der Waals surface area contributed by atoms with Gasteiger partial charge in [-0.2, -0.15) is 0 Å². The number of amides is 2. The highest BCUT2D eigenvalue weighted by Gasteiger charge is 2.19. The number of likely N-dealkylation sites (tertiary alicyclic amines) is 1. The minimum Gasteiger partial charge on any atom is -0.338 e. The summed E-state index contributed by atoms with van der Waals surface area (Å²) in [5.41, 5.74) is 0. The zero-order valence-electron chi connectivity index (χ0n) is 14.5. The number of urea groups is 1. The van der Waals surface area contributed by atoms with Crippen LogP contribution in [0, 0.1) is 5.92 Å². The van der Waals surface area contributed by atoms with Crippen LogP contribution < -0.4 is 5.32 Å². The number of carbonyl (C=O) groups excluding carboxylic acids is 1. The first-order valence-corrected chi connectivity index (χ1v) is 9.16. The Hall–Kier alpha value is -0.810. The lowest BCUT2D eigenvalue weighted by Gasteiger charge is -2.34. The summed E-state index contributed by atoms with van der Waals surface area (Å²) in [6, 6.07) is 0.127. The zero-order chi connectivity index (χ0) is 15.8. The van der Waals surface area contributed by atoms with Gasteiger partial charge in [-0.05, 0) is 57.8 Å². The van der Waals surface area contributed by atoms with E-state index in [0.29, 0.717) is 0 Å². The molecule has 0 saturated carbocycles. The van der Waals surface area contributed by atoms with Gasteiger partial charge in [0.25, 0.3) is 0 Å². The van der Waals surface area contributed by atoms with E-state index < -0.39 is 0 Å². The molecule has 2 rings (SSSR count). The number of hydrogen-bond donors (Lipinski definition) is 1. The van der Waals surface area contributed by atoms with E-state index in [4.69, 9.17) is 0 Å². The van der Waals surface area contributed by atoms with Gasteiger partial charge in [0.1, 0.15) is 0 Å². The average Bonchev–Trinajstić information content (AvgIpc) is 2.56. The summed E-state index contributed by atoms with van der Waals surface area (Å²) in [4.78, 5) is 19.0. The molecule has 128 valence electrons. The maximum Gasteiger partial charge on any atom is 0.317 e. The molecule has 2 fully saturated rings. The Morgan fingerprint density at radius 2 is 1.68 bits per heavy atom. The predicted molar refractivity (Wildman–Crippen MR) is 91.2 cm³/mol. The molecule has 0 bridgehead atoms. The highest BCUT2D eigenvalue weighted by atomic mass is 16.2. The number of piperazine rings is 1. The molecular weight excluding hydrogens is 276 g/mol. The normalized spacial score (nSPS) is 22.0. The van der Waals surface area contributed by atoms with Crippen LogP contribution in [0.15, 0.2) is 0 Å². The van der Waals surface area contributed by atoms with Crippen molar-refractivity contribution in [2.45, 2.75) is 39.5 Å².